The lowest BCUT2D eigenvalue weighted by Crippen LogP contribution is -1.89. The summed E-state index contributed by atoms with van der Waals surface area (Å²) >= 11 is 7.31. The van der Waals surface area contributed by atoms with Crippen LogP contribution >= 0.6 is 39.0 Å². The van der Waals surface area contributed by atoms with E-state index < -0.39 is 0 Å². The van der Waals surface area contributed by atoms with Crippen LogP contribution in [0.3, 0.4) is 0 Å². The Kier molecular flexibility index (Phi) is 5.49. The van der Waals surface area contributed by atoms with Crippen LogP contribution in [-0.4, -0.2) is 10.2 Å². The van der Waals surface area contributed by atoms with Crippen LogP contribution in [-0.2, 0) is 17.5 Å². The highest BCUT2D eigenvalue weighted by molar-refractivity contribution is 9.08. The lowest BCUT2D eigenvalue weighted by atomic mass is 10.3. The molecule has 4 heteroatoms. The second kappa shape index (κ2) is 6.13. The van der Waals surface area contributed by atoms with Crippen LogP contribution in [0.4, 0.5) is 0 Å². The molecular formula is C10H16BrNS2. The quantitative estimate of drug-likeness (QED) is 0.753. The molecule has 80 valence electrons. The fourth-order valence-corrected chi connectivity index (χ4v) is 3.57. The number of thioether (sulfide) groups is 1. The Balaban J connectivity index is 2.64. The number of aromatic nitrogens is 1. The Labute approximate surface area is 103 Å². The summed E-state index contributed by atoms with van der Waals surface area (Å²) in [5.74, 6) is 1.06. The van der Waals surface area contributed by atoms with Crippen LogP contribution < -0.4 is 0 Å². The Morgan fingerprint density at radius 2 is 2.21 bits per heavy atom. The summed E-state index contributed by atoms with van der Waals surface area (Å²) in [6.07, 6.45) is 1.05. The summed E-state index contributed by atoms with van der Waals surface area (Å²) < 4.78 is 0. The molecule has 0 N–H and O–H groups in total. The van der Waals surface area contributed by atoms with Gasteiger partial charge in [0.25, 0.3) is 0 Å². The Hall–Kier alpha value is 0.460. The van der Waals surface area contributed by atoms with Gasteiger partial charge < -0.3 is 0 Å². The largest absolute Gasteiger partial charge is 0.245 e. The van der Waals surface area contributed by atoms with E-state index in [1.165, 1.54) is 15.6 Å². The second-order valence-corrected chi connectivity index (χ2v) is 6.62. The molecule has 0 amide bonds. The van der Waals surface area contributed by atoms with Gasteiger partial charge in [0.15, 0.2) is 0 Å². The van der Waals surface area contributed by atoms with E-state index in [9.17, 15) is 0 Å². The molecule has 0 saturated heterocycles. The maximum Gasteiger partial charge on any atom is 0.103 e. The van der Waals surface area contributed by atoms with Crippen molar-refractivity contribution in [3.63, 3.8) is 0 Å². The summed E-state index contributed by atoms with van der Waals surface area (Å²) in [6, 6.07) is 0. The van der Waals surface area contributed by atoms with Gasteiger partial charge in [-0.25, -0.2) is 4.98 Å². The van der Waals surface area contributed by atoms with Gasteiger partial charge in [-0.3, -0.25) is 0 Å². The number of hydrogen-bond donors (Lipinski definition) is 0. The van der Waals surface area contributed by atoms with E-state index in [0.29, 0.717) is 5.25 Å². The molecule has 1 heterocycles. The molecule has 0 bridgehead atoms. The number of thiazole rings is 1. The number of nitrogens with zero attached hydrogens (tertiary/aromatic N) is 1. The van der Waals surface area contributed by atoms with Crippen molar-refractivity contribution in [1.29, 1.82) is 0 Å². The smallest absolute Gasteiger partial charge is 0.103 e. The summed E-state index contributed by atoms with van der Waals surface area (Å²) in [6.45, 7) is 6.62. The fourth-order valence-electron chi connectivity index (χ4n) is 1.12. The van der Waals surface area contributed by atoms with Crippen LogP contribution in [0.1, 0.15) is 36.3 Å². The van der Waals surface area contributed by atoms with Crippen LogP contribution in [0.15, 0.2) is 0 Å². The minimum absolute atomic E-state index is 0.691. The normalized spacial score (nSPS) is 11.2. The van der Waals surface area contributed by atoms with Gasteiger partial charge in [-0.15, -0.1) is 11.3 Å². The molecule has 1 aromatic heterocycles. The van der Waals surface area contributed by atoms with Crippen molar-refractivity contribution in [3.05, 3.63) is 15.6 Å². The maximum absolute atomic E-state index is 4.64. The number of alkyl halides is 1. The summed E-state index contributed by atoms with van der Waals surface area (Å²) in [4.78, 5) is 6.03. The Morgan fingerprint density at radius 1 is 1.50 bits per heavy atom. The maximum atomic E-state index is 4.64. The zero-order valence-electron chi connectivity index (χ0n) is 8.84. The van der Waals surface area contributed by atoms with Gasteiger partial charge in [0.1, 0.15) is 5.01 Å². The molecule has 0 saturated carbocycles. The van der Waals surface area contributed by atoms with Crippen LogP contribution in [0.5, 0.6) is 0 Å². The molecule has 0 aliphatic heterocycles. The summed E-state index contributed by atoms with van der Waals surface area (Å²) in [5, 5.41) is 2.91. The number of rotatable bonds is 5. The van der Waals surface area contributed by atoms with Gasteiger partial charge in [-0.05, 0) is 11.7 Å². The van der Waals surface area contributed by atoms with Gasteiger partial charge in [0, 0.05) is 16.0 Å². The topological polar surface area (TPSA) is 12.9 Å². The first-order valence-corrected chi connectivity index (χ1v) is 7.81. The van der Waals surface area contributed by atoms with E-state index in [1.54, 1.807) is 0 Å². The third-order valence-electron chi connectivity index (χ3n) is 1.82. The predicted molar refractivity (Wildman–Crippen MR) is 70.6 cm³/mol. The monoisotopic (exact) mass is 293 g/mol. The molecule has 0 radical (unpaired) electrons. The Morgan fingerprint density at radius 3 is 2.64 bits per heavy atom. The van der Waals surface area contributed by atoms with Gasteiger partial charge in [-0.1, -0.05) is 36.7 Å². The minimum Gasteiger partial charge on any atom is -0.245 e. The van der Waals surface area contributed by atoms with Gasteiger partial charge >= 0.3 is 0 Å². The van der Waals surface area contributed by atoms with E-state index in [4.69, 9.17) is 0 Å². The van der Waals surface area contributed by atoms with E-state index >= 15 is 0 Å². The molecule has 0 atom stereocenters. The van der Waals surface area contributed by atoms with Gasteiger partial charge in [0.05, 0.1) is 5.69 Å². The van der Waals surface area contributed by atoms with Crippen molar-refractivity contribution in [3.8, 4) is 0 Å². The number of aryl methyl sites for hydroxylation is 1. The highest BCUT2D eigenvalue weighted by Crippen LogP contribution is 2.26. The van der Waals surface area contributed by atoms with Crippen molar-refractivity contribution in [2.45, 2.75) is 43.5 Å². The molecule has 0 aromatic carbocycles. The van der Waals surface area contributed by atoms with Gasteiger partial charge in [0.2, 0.25) is 0 Å². The molecule has 0 spiro atoms. The number of hydrogen-bond acceptors (Lipinski definition) is 3. The average molecular weight is 294 g/mol. The zero-order valence-corrected chi connectivity index (χ0v) is 12.1. The molecule has 0 unspecified atom stereocenters. The number of halogens is 1. The third-order valence-corrected chi connectivity index (χ3v) is 5.14. The van der Waals surface area contributed by atoms with Crippen molar-refractivity contribution in [1.82, 2.24) is 4.98 Å². The minimum atomic E-state index is 0.691. The average Bonchev–Trinajstić information content (AvgIpc) is 2.57. The molecule has 1 rings (SSSR count). The molecule has 0 aliphatic carbocycles. The van der Waals surface area contributed by atoms with Crippen molar-refractivity contribution < 1.29 is 0 Å². The fraction of sp³-hybridized carbons (Fsp3) is 0.700. The lowest BCUT2D eigenvalue weighted by Gasteiger charge is -2.00. The molecule has 14 heavy (non-hydrogen) atoms. The second-order valence-electron chi connectivity index (χ2n) is 3.32. The first-order chi connectivity index (χ1) is 6.67. The molecule has 0 fully saturated rings. The van der Waals surface area contributed by atoms with E-state index in [0.717, 1.165) is 17.5 Å². The highest BCUT2D eigenvalue weighted by Gasteiger charge is 2.08. The zero-order chi connectivity index (χ0) is 10.6. The van der Waals surface area contributed by atoms with Crippen LogP contribution in [0.2, 0.25) is 0 Å². The molecule has 1 aromatic rings. The van der Waals surface area contributed by atoms with Crippen molar-refractivity contribution >= 4 is 39.0 Å². The predicted octanol–water partition coefficient (Wildman–Crippen LogP) is 4.24. The Bertz CT molecular complexity index is 262. The van der Waals surface area contributed by atoms with Crippen LogP contribution in [0, 0.1) is 0 Å². The van der Waals surface area contributed by atoms with Crippen LogP contribution in [0.25, 0.3) is 0 Å². The van der Waals surface area contributed by atoms with E-state index in [1.807, 2.05) is 23.1 Å². The molecular weight excluding hydrogens is 278 g/mol. The molecule has 1 nitrogen and oxygen atoms in total. The lowest BCUT2D eigenvalue weighted by molar-refractivity contribution is 1.02. The van der Waals surface area contributed by atoms with Gasteiger partial charge in [-0.2, -0.15) is 11.8 Å². The molecule has 0 aliphatic rings. The highest BCUT2D eigenvalue weighted by atomic mass is 79.9. The van der Waals surface area contributed by atoms with E-state index in [2.05, 4.69) is 41.7 Å². The summed E-state index contributed by atoms with van der Waals surface area (Å²) in [5.41, 5.74) is 1.27. The first-order valence-electron chi connectivity index (χ1n) is 4.82. The third kappa shape index (κ3) is 3.55. The summed E-state index contributed by atoms with van der Waals surface area (Å²) in [7, 11) is 0. The SMILES string of the molecule is CCc1nc(CSC(C)C)sc1CBr. The van der Waals surface area contributed by atoms with Crippen molar-refractivity contribution in [2.75, 3.05) is 0 Å². The first kappa shape index (κ1) is 12.5. The van der Waals surface area contributed by atoms with Crippen molar-refractivity contribution in [2.24, 2.45) is 0 Å². The van der Waals surface area contributed by atoms with E-state index in [-0.39, 0.29) is 0 Å². The standard InChI is InChI=1S/C10H16BrNS2/c1-4-8-9(5-11)14-10(12-8)6-13-7(2)3/h7H,4-6H2,1-3H3.